The Morgan fingerprint density at radius 3 is 2.44 bits per heavy atom. The summed E-state index contributed by atoms with van der Waals surface area (Å²) in [5.74, 6) is 0.327. The molecule has 0 radical (unpaired) electrons. The molecule has 3 aliphatic rings. The van der Waals surface area contributed by atoms with Crippen molar-refractivity contribution >= 4 is 5.91 Å². The molecule has 4 heteroatoms. The van der Waals surface area contributed by atoms with E-state index in [4.69, 9.17) is 4.74 Å². The van der Waals surface area contributed by atoms with Crippen molar-refractivity contribution in [1.82, 2.24) is 4.90 Å². The number of rotatable bonds is 5. The van der Waals surface area contributed by atoms with Crippen molar-refractivity contribution in [3.63, 3.8) is 0 Å². The van der Waals surface area contributed by atoms with Crippen LogP contribution in [0, 0.1) is 10.8 Å². The topological polar surface area (TPSA) is 49.8 Å². The van der Waals surface area contributed by atoms with Gasteiger partial charge in [0.05, 0.1) is 17.6 Å². The lowest BCUT2D eigenvalue weighted by molar-refractivity contribution is -0.210. The molecule has 25 heavy (non-hydrogen) atoms. The third-order valence-electron chi connectivity index (χ3n) is 6.78. The van der Waals surface area contributed by atoms with Gasteiger partial charge in [-0.15, -0.1) is 0 Å². The average Bonchev–Trinajstić information content (AvgIpc) is 3.42. The molecule has 2 unspecified atom stereocenters. The molecule has 3 fully saturated rings. The zero-order chi connectivity index (χ0) is 17.5. The first-order valence-electron chi connectivity index (χ1n) is 9.73. The summed E-state index contributed by atoms with van der Waals surface area (Å²) in [7, 11) is 0. The third kappa shape index (κ3) is 2.89. The van der Waals surface area contributed by atoms with E-state index in [1.165, 1.54) is 5.56 Å². The van der Waals surface area contributed by atoms with E-state index in [2.05, 4.69) is 17.0 Å². The van der Waals surface area contributed by atoms with Gasteiger partial charge in [-0.05, 0) is 44.6 Å². The molecular weight excluding hydrogens is 314 g/mol. The van der Waals surface area contributed by atoms with Crippen molar-refractivity contribution in [3.8, 4) is 0 Å². The number of nitrogens with zero attached hydrogens (tertiary/aromatic N) is 1. The summed E-state index contributed by atoms with van der Waals surface area (Å²) in [4.78, 5) is 15.2. The Kier molecular flexibility index (Phi) is 4.37. The van der Waals surface area contributed by atoms with Crippen LogP contribution in [0.25, 0.3) is 0 Å². The first-order valence-corrected chi connectivity index (χ1v) is 9.73. The van der Waals surface area contributed by atoms with Crippen molar-refractivity contribution in [1.29, 1.82) is 0 Å². The van der Waals surface area contributed by atoms with Gasteiger partial charge in [-0.25, -0.2) is 0 Å². The highest BCUT2D eigenvalue weighted by Crippen LogP contribution is 2.53. The molecule has 1 saturated heterocycles. The molecule has 1 aromatic carbocycles. The van der Waals surface area contributed by atoms with Crippen LogP contribution in [0.1, 0.15) is 44.6 Å². The summed E-state index contributed by atoms with van der Waals surface area (Å²) >= 11 is 0. The lowest BCUT2D eigenvalue weighted by atomic mass is 9.58. The highest BCUT2D eigenvalue weighted by atomic mass is 16.5. The van der Waals surface area contributed by atoms with E-state index >= 15 is 0 Å². The Morgan fingerprint density at radius 1 is 1.20 bits per heavy atom. The van der Waals surface area contributed by atoms with E-state index in [9.17, 15) is 9.90 Å². The fraction of sp³-hybridized carbons (Fsp3) is 0.667. The summed E-state index contributed by atoms with van der Waals surface area (Å²) in [6.45, 7) is 4.23. The first-order chi connectivity index (χ1) is 12.1. The van der Waals surface area contributed by atoms with Gasteiger partial charge in [-0.2, -0.15) is 0 Å². The van der Waals surface area contributed by atoms with Gasteiger partial charge in [-0.1, -0.05) is 30.3 Å². The quantitative estimate of drug-likeness (QED) is 0.894. The Morgan fingerprint density at radius 2 is 1.88 bits per heavy atom. The number of benzene rings is 1. The molecule has 1 N–H and O–H groups in total. The van der Waals surface area contributed by atoms with Crippen LogP contribution in [0.4, 0.5) is 0 Å². The number of amides is 1. The molecule has 1 spiro atoms. The second kappa shape index (κ2) is 6.40. The molecule has 0 bridgehead atoms. The van der Waals surface area contributed by atoms with Crippen LogP contribution in [-0.4, -0.2) is 47.8 Å². The number of ether oxygens (including phenoxy) is 1. The van der Waals surface area contributed by atoms with Crippen LogP contribution < -0.4 is 0 Å². The van der Waals surface area contributed by atoms with Crippen LogP contribution in [0.15, 0.2) is 30.3 Å². The van der Waals surface area contributed by atoms with Crippen LogP contribution in [0.5, 0.6) is 0 Å². The molecule has 2 saturated carbocycles. The molecule has 2 atom stereocenters. The summed E-state index contributed by atoms with van der Waals surface area (Å²) in [5, 5.41) is 10.3. The Bertz CT molecular complexity index is 615. The predicted octanol–water partition coefficient (Wildman–Crippen LogP) is 2.79. The van der Waals surface area contributed by atoms with Crippen molar-refractivity contribution in [2.75, 3.05) is 19.7 Å². The molecular formula is C21H29NO3. The van der Waals surface area contributed by atoms with Crippen molar-refractivity contribution in [2.24, 2.45) is 10.8 Å². The average molecular weight is 343 g/mol. The maximum Gasteiger partial charge on any atom is 0.229 e. The molecule has 2 aliphatic carbocycles. The Hall–Kier alpha value is -1.39. The highest BCUT2D eigenvalue weighted by molar-refractivity contribution is 5.85. The van der Waals surface area contributed by atoms with Gasteiger partial charge in [-0.3, -0.25) is 4.79 Å². The number of aliphatic hydroxyl groups is 1. The minimum absolute atomic E-state index is 0.108. The van der Waals surface area contributed by atoms with E-state index in [0.717, 1.165) is 51.6 Å². The number of aliphatic hydroxyl groups excluding tert-OH is 1. The SMILES string of the molecule is CCOC1CC(O)C12CCN(C(=O)C1(Cc3ccccc3)CC1)CC2. The van der Waals surface area contributed by atoms with Crippen LogP contribution in [0.3, 0.4) is 0 Å². The normalized spacial score (nSPS) is 29.3. The largest absolute Gasteiger partial charge is 0.392 e. The van der Waals surface area contributed by atoms with E-state index in [-0.39, 0.29) is 23.0 Å². The molecule has 1 aromatic rings. The minimum Gasteiger partial charge on any atom is -0.392 e. The fourth-order valence-corrected chi connectivity index (χ4v) is 4.88. The third-order valence-corrected chi connectivity index (χ3v) is 6.78. The smallest absolute Gasteiger partial charge is 0.229 e. The summed E-state index contributed by atoms with van der Waals surface area (Å²) in [6.07, 6.45) is 5.26. The number of carbonyl (C=O) groups excluding carboxylic acids is 1. The Labute approximate surface area is 150 Å². The van der Waals surface area contributed by atoms with Gasteiger partial charge in [0.15, 0.2) is 0 Å². The maximum atomic E-state index is 13.1. The number of piperidine rings is 1. The minimum atomic E-state index is -0.263. The van der Waals surface area contributed by atoms with E-state index in [1.807, 2.05) is 25.1 Å². The van der Waals surface area contributed by atoms with Crippen molar-refractivity contribution in [2.45, 2.75) is 57.7 Å². The lowest BCUT2D eigenvalue weighted by Gasteiger charge is -2.56. The number of hydrogen-bond acceptors (Lipinski definition) is 3. The molecule has 136 valence electrons. The van der Waals surface area contributed by atoms with Crippen LogP contribution in [-0.2, 0) is 16.0 Å². The van der Waals surface area contributed by atoms with E-state index < -0.39 is 0 Å². The van der Waals surface area contributed by atoms with Gasteiger partial charge < -0.3 is 14.7 Å². The van der Waals surface area contributed by atoms with Crippen molar-refractivity contribution < 1.29 is 14.6 Å². The van der Waals surface area contributed by atoms with Gasteiger partial charge in [0.1, 0.15) is 0 Å². The number of carbonyl (C=O) groups is 1. The molecule has 1 heterocycles. The highest BCUT2D eigenvalue weighted by Gasteiger charge is 2.58. The van der Waals surface area contributed by atoms with Crippen LogP contribution in [0.2, 0.25) is 0 Å². The molecule has 4 nitrogen and oxygen atoms in total. The van der Waals surface area contributed by atoms with Gasteiger partial charge >= 0.3 is 0 Å². The second-order valence-electron chi connectivity index (χ2n) is 8.16. The summed E-state index contributed by atoms with van der Waals surface area (Å²) < 4.78 is 5.83. The predicted molar refractivity (Wildman–Crippen MR) is 96.1 cm³/mol. The zero-order valence-corrected chi connectivity index (χ0v) is 15.1. The zero-order valence-electron chi connectivity index (χ0n) is 15.1. The monoisotopic (exact) mass is 343 g/mol. The van der Waals surface area contributed by atoms with Gasteiger partial charge in [0.25, 0.3) is 0 Å². The summed E-state index contributed by atoms with van der Waals surface area (Å²) in [6, 6.07) is 10.4. The van der Waals surface area contributed by atoms with Gasteiger partial charge in [0, 0.05) is 31.5 Å². The van der Waals surface area contributed by atoms with Gasteiger partial charge in [0.2, 0.25) is 5.91 Å². The maximum absolute atomic E-state index is 13.1. The number of hydrogen-bond donors (Lipinski definition) is 1. The fourth-order valence-electron chi connectivity index (χ4n) is 4.88. The second-order valence-corrected chi connectivity index (χ2v) is 8.16. The first kappa shape index (κ1) is 17.0. The van der Waals surface area contributed by atoms with E-state index in [0.29, 0.717) is 12.5 Å². The van der Waals surface area contributed by atoms with Crippen LogP contribution >= 0.6 is 0 Å². The van der Waals surface area contributed by atoms with Crippen molar-refractivity contribution in [3.05, 3.63) is 35.9 Å². The lowest BCUT2D eigenvalue weighted by Crippen LogP contribution is -2.63. The molecule has 1 aliphatic heterocycles. The molecule has 0 aromatic heterocycles. The Balaban J connectivity index is 1.38. The molecule has 1 amide bonds. The van der Waals surface area contributed by atoms with E-state index in [1.54, 1.807) is 0 Å². The standard InChI is InChI=1S/C21H29NO3/c1-2-25-18-14-17(23)21(18)10-12-22(13-11-21)19(24)20(8-9-20)15-16-6-4-3-5-7-16/h3-7,17-18,23H,2,8-15H2,1H3. The number of likely N-dealkylation sites (tertiary alicyclic amines) is 1. The summed E-state index contributed by atoms with van der Waals surface area (Å²) in [5.41, 5.74) is 0.986. The molecule has 4 rings (SSSR count).